The molecule has 2 heterocycles. The molecule has 0 aliphatic rings. The zero-order chi connectivity index (χ0) is 18.0. The lowest BCUT2D eigenvalue weighted by Crippen LogP contribution is -2.22. The highest BCUT2D eigenvalue weighted by molar-refractivity contribution is 6.05. The van der Waals surface area contributed by atoms with Crippen LogP contribution in [0.5, 0.6) is 0 Å². The number of anilines is 1. The number of esters is 1. The van der Waals surface area contributed by atoms with Crippen molar-refractivity contribution in [3.63, 3.8) is 0 Å². The predicted octanol–water partition coefficient (Wildman–Crippen LogP) is 2.92. The molecule has 0 amide bonds. The number of carbonyl (C=O) groups excluding carboxylic acids is 1. The summed E-state index contributed by atoms with van der Waals surface area (Å²) in [6, 6.07) is 4.33. The number of hydrogen-bond acceptors (Lipinski definition) is 5. The van der Waals surface area contributed by atoms with E-state index in [4.69, 9.17) is 4.74 Å². The van der Waals surface area contributed by atoms with Crippen LogP contribution in [0.1, 0.15) is 23.1 Å². The first-order valence-electron chi connectivity index (χ1n) is 7.94. The lowest BCUT2D eigenvalue weighted by Gasteiger charge is -2.23. The van der Waals surface area contributed by atoms with Gasteiger partial charge in [0.1, 0.15) is 17.2 Å². The number of carbonyl (C=O) groups is 1. The van der Waals surface area contributed by atoms with Crippen LogP contribution in [0.25, 0.3) is 10.9 Å². The van der Waals surface area contributed by atoms with Gasteiger partial charge in [0.2, 0.25) is 0 Å². The van der Waals surface area contributed by atoms with Crippen molar-refractivity contribution < 1.29 is 13.9 Å². The molecule has 130 valence electrons. The molecule has 0 N–H and O–H groups in total. The van der Waals surface area contributed by atoms with Crippen LogP contribution < -0.4 is 4.90 Å². The summed E-state index contributed by atoms with van der Waals surface area (Å²) in [5.74, 6) is -0.0523. The normalized spacial score (nSPS) is 10.9. The average Bonchev–Trinajstić information content (AvgIpc) is 2.98. The van der Waals surface area contributed by atoms with E-state index < -0.39 is 5.97 Å². The van der Waals surface area contributed by atoms with Crippen LogP contribution in [0, 0.1) is 5.82 Å². The van der Waals surface area contributed by atoms with E-state index in [1.165, 1.54) is 18.3 Å². The molecule has 0 saturated heterocycles. The van der Waals surface area contributed by atoms with Gasteiger partial charge < -0.3 is 14.2 Å². The predicted molar refractivity (Wildman–Crippen MR) is 93.0 cm³/mol. The average molecular weight is 342 g/mol. The second-order valence-corrected chi connectivity index (χ2v) is 5.71. The van der Waals surface area contributed by atoms with E-state index in [0.717, 1.165) is 5.82 Å². The number of imidazole rings is 1. The van der Waals surface area contributed by atoms with Crippen molar-refractivity contribution in [3.05, 3.63) is 54.0 Å². The van der Waals surface area contributed by atoms with Crippen LogP contribution in [-0.2, 0) is 18.3 Å². The monoisotopic (exact) mass is 342 g/mol. The van der Waals surface area contributed by atoms with Gasteiger partial charge in [-0.15, -0.1) is 0 Å². The van der Waals surface area contributed by atoms with Gasteiger partial charge >= 0.3 is 5.97 Å². The number of pyridine rings is 1. The summed E-state index contributed by atoms with van der Waals surface area (Å²) >= 11 is 0. The van der Waals surface area contributed by atoms with Gasteiger partial charge in [-0.3, -0.25) is 4.98 Å². The molecule has 6 nitrogen and oxygen atoms in total. The van der Waals surface area contributed by atoms with Crippen molar-refractivity contribution in [1.29, 1.82) is 0 Å². The van der Waals surface area contributed by atoms with Crippen molar-refractivity contribution in [2.24, 2.45) is 7.05 Å². The van der Waals surface area contributed by atoms with Crippen LogP contribution in [0.2, 0.25) is 0 Å². The molecule has 0 aliphatic carbocycles. The number of nitrogens with zero attached hydrogens (tertiary/aromatic N) is 4. The minimum atomic E-state index is -0.483. The smallest absolute Gasteiger partial charge is 0.341 e. The molecule has 2 aromatic heterocycles. The molecule has 0 atom stereocenters. The van der Waals surface area contributed by atoms with Gasteiger partial charge in [0.25, 0.3) is 0 Å². The van der Waals surface area contributed by atoms with Crippen LogP contribution in [0.4, 0.5) is 10.1 Å². The molecule has 0 unspecified atom stereocenters. The van der Waals surface area contributed by atoms with Crippen LogP contribution >= 0.6 is 0 Å². The highest BCUT2D eigenvalue weighted by atomic mass is 19.1. The number of ether oxygens (including phenoxy) is 1. The summed E-state index contributed by atoms with van der Waals surface area (Å²) < 4.78 is 20.9. The van der Waals surface area contributed by atoms with Crippen LogP contribution in [0.3, 0.4) is 0 Å². The fourth-order valence-corrected chi connectivity index (χ4v) is 2.76. The first-order valence-corrected chi connectivity index (χ1v) is 7.94. The maximum Gasteiger partial charge on any atom is 0.341 e. The van der Waals surface area contributed by atoms with E-state index in [-0.39, 0.29) is 12.4 Å². The summed E-state index contributed by atoms with van der Waals surface area (Å²) in [6.07, 6.45) is 5.03. The van der Waals surface area contributed by atoms with Crippen molar-refractivity contribution in [1.82, 2.24) is 14.5 Å². The van der Waals surface area contributed by atoms with Gasteiger partial charge in [-0.2, -0.15) is 0 Å². The topological polar surface area (TPSA) is 60.2 Å². The van der Waals surface area contributed by atoms with Gasteiger partial charge in [0.15, 0.2) is 0 Å². The summed E-state index contributed by atoms with van der Waals surface area (Å²) in [4.78, 5) is 22.8. The Labute approximate surface area is 144 Å². The second kappa shape index (κ2) is 6.88. The number of hydrogen-bond donors (Lipinski definition) is 0. The lowest BCUT2D eigenvalue weighted by molar-refractivity contribution is 0.0527. The van der Waals surface area contributed by atoms with Crippen molar-refractivity contribution in [3.8, 4) is 0 Å². The van der Waals surface area contributed by atoms with Crippen molar-refractivity contribution >= 4 is 22.6 Å². The van der Waals surface area contributed by atoms with E-state index in [0.29, 0.717) is 28.7 Å². The zero-order valence-electron chi connectivity index (χ0n) is 14.4. The number of fused-ring (bicyclic) bond motifs is 1. The summed E-state index contributed by atoms with van der Waals surface area (Å²) in [7, 11) is 3.73. The fraction of sp³-hybridized carbons (Fsp3) is 0.278. The fourth-order valence-electron chi connectivity index (χ4n) is 2.76. The lowest BCUT2D eigenvalue weighted by atomic mass is 10.1. The molecule has 0 spiro atoms. The van der Waals surface area contributed by atoms with Crippen LogP contribution in [0.15, 0.2) is 36.8 Å². The number of rotatable bonds is 5. The SMILES string of the molecule is CCOC(=O)c1cnc2ccc(F)cc2c1N(C)Cc1nccn1C. The molecule has 0 saturated carbocycles. The Morgan fingerprint density at radius 1 is 1.36 bits per heavy atom. The molecule has 7 heteroatoms. The third kappa shape index (κ3) is 3.31. The maximum atomic E-state index is 13.8. The molecule has 3 rings (SSSR count). The largest absolute Gasteiger partial charge is 0.462 e. The number of aromatic nitrogens is 3. The Bertz CT molecular complexity index is 923. The molecular formula is C18H19FN4O2. The third-order valence-corrected chi connectivity index (χ3v) is 3.98. The number of benzene rings is 1. The van der Waals surface area contributed by atoms with Gasteiger partial charge in [0, 0.05) is 38.1 Å². The minimum Gasteiger partial charge on any atom is -0.462 e. The van der Waals surface area contributed by atoms with Crippen molar-refractivity contribution in [2.45, 2.75) is 13.5 Å². The maximum absolute atomic E-state index is 13.8. The zero-order valence-corrected chi connectivity index (χ0v) is 14.4. The summed E-state index contributed by atoms with van der Waals surface area (Å²) in [6.45, 7) is 2.44. The summed E-state index contributed by atoms with van der Waals surface area (Å²) in [5, 5.41) is 0.558. The van der Waals surface area contributed by atoms with Gasteiger partial charge in [-0.05, 0) is 25.1 Å². The first-order chi connectivity index (χ1) is 12.0. The molecule has 0 fully saturated rings. The van der Waals surface area contributed by atoms with Gasteiger partial charge in [0.05, 0.1) is 24.4 Å². The van der Waals surface area contributed by atoms with Crippen molar-refractivity contribution in [2.75, 3.05) is 18.6 Å². The Morgan fingerprint density at radius 3 is 2.84 bits per heavy atom. The molecule has 0 aliphatic heterocycles. The number of halogens is 1. The second-order valence-electron chi connectivity index (χ2n) is 5.71. The Morgan fingerprint density at radius 2 is 2.16 bits per heavy atom. The van der Waals surface area contributed by atoms with E-state index in [1.54, 1.807) is 19.2 Å². The highest BCUT2D eigenvalue weighted by Gasteiger charge is 2.21. The van der Waals surface area contributed by atoms with E-state index >= 15 is 0 Å². The summed E-state index contributed by atoms with van der Waals surface area (Å²) in [5.41, 5.74) is 1.48. The molecule has 0 bridgehead atoms. The molecule has 25 heavy (non-hydrogen) atoms. The first kappa shape index (κ1) is 16.9. The molecule has 3 aromatic rings. The number of aryl methyl sites for hydroxylation is 1. The molecule has 1 aromatic carbocycles. The highest BCUT2D eigenvalue weighted by Crippen LogP contribution is 2.31. The Kier molecular flexibility index (Phi) is 4.65. The third-order valence-electron chi connectivity index (χ3n) is 3.98. The van der Waals surface area contributed by atoms with E-state index in [9.17, 15) is 9.18 Å². The van der Waals surface area contributed by atoms with Gasteiger partial charge in [-0.1, -0.05) is 0 Å². The van der Waals surface area contributed by atoms with E-state index in [2.05, 4.69) is 9.97 Å². The Hall–Kier alpha value is -2.96. The minimum absolute atomic E-state index is 0.253. The molecule has 0 radical (unpaired) electrons. The quantitative estimate of drug-likeness (QED) is 0.667. The van der Waals surface area contributed by atoms with Crippen LogP contribution in [-0.4, -0.2) is 34.2 Å². The Balaban J connectivity index is 2.14. The van der Waals surface area contributed by atoms with Gasteiger partial charge in [-0.25, -0.2) is 14.2 Å². The van der Waals surface area contributed by atoms with E-state index in [1.807, 2.05) is 29.8 Å². The molecular weight excluding hydrogens is 323 g/mol. The standard InChI is InChI=1S/C18H19FN4O2/c1-4-25-18(24)14-10-21-15-6-5-12(19)9-13(15)17(14)23(3)11-16-20-7-8-22(16)2/h5-10H,4,11H2,1-3H3.